The number of aromatic nitrogens is 3. The molecule has 1 rings (SSSR count). The van der Waals surface area contributed by atoms with Crippen molar-refractivity contribution in [3.8, 4) is 0 Å². The smallest absolute Gasteiger partial charge is 0.137 e. The molecule has 15 heavy (non-hydrogen) atoms. The number of hydrogen-bond acceptors (Lipinski definition) is 3. The number of rotatable bonds is 6. The predicted octanol–water partition coefficient (Wildman–Crippen LogP) is 1.69. The van der Waals surface area contributed by atoms with Crippen LogP contribution in [0.15, 0.2) is 12.7 Å². The maximum absolute atomic E-state index is 4.09. The normalized spacial score (nSPS) is 17.3. The van der Waals surface area contributed by atoms with Gasteiger partial charge in [0, 0.05) is 12.1 Å². The summed E-state index contributed by atoms with van der Waals surface area (Å²) in [7, 11) is 0. The summed E-state index contributed by atoms with van der Waals surface area (Å²) in [4.78, 5) is 3.93. The first-order chi connectivity index (χ1) is 7.13. The Morgan fingerprint density at radius 2 is 2.07 bits per heavy atom. The van der Waals surface area contributed by atoms with Crippen LogP contribution in [-0.4, -0.2) is 26.8 Å². The molecule has 0 aliphatic rings. The molecular formula is C11H22N4. The van der Waals surface area contributed by atoms with Crippen molar-refractivity contribution < 1.29 is 0 Å². The minimum absolute atomic E-state index is 0.427. The molecule has 4 heteroatoms. The third-order valence-electron chi connectivity index (χ3n) is 2.97. The largest absolute Gasteiger partial charge is 0.310 e. The summed E-state index contributed by atoms with van der Waals surface area (Å²) in [6.07, 6.45) is 4.54. The molecule has 0 bridgehead atoms. The van der Waals surface area contributed by atoms with Crippen LogP contribution in [0.25, 0.3) is 0 Å². The van der Waals surface area contributed by atoms with E-state index in [-0.39, 0.29) is 0 Å². The van der Waals surface area contributed by atoms with Gasteiger partial charge in [0.05, 0.1) is 6.54 Å². The van der Waals surface area contributed by atoms with Crippen LogP contribution in [0.1, 0.15) is 34.1 Å². The van der Waals surface area contributed by atoms with Crippen LogP contribution in [0.5, 0.6) is 0 Å². The molecule has 1 aromatic rings. The van der Waals surface area contributed by atoms with Gasteiger partial charge in [0.1, 0.15) is 12.7 Å². The number of nitrogens with one attached hydrogen (secondary N) is 1. The quantitative estimate of drug-likeness (QED) is 0.777. The van der Waals surface area contributed by atoms with Crippen molar-refractivity contribution in [2.24, 2.45) is 5.92 Å². The van der Waals surface area contributed by atoms with Gasteiger partial charge in [-0.25, -0.2) is 4.98 Å². The zero-order valence-corrected chi connectivity index (χ0v) is 10.1. The van der Waals surface area contributed by atoms with Crippen LogP contribution < -0.4 is 5.32 Å². The Morgan fingerprint density at radius 1 is 1.33 bits per heavy atom. The van der Waals surface area contributed by atoms with E-state index in [1.807, 2.05) is 4.68 Å². The monoisotopic (exact) mass is 210 g/mol. The van der Waals surface area contributed by atoms with Crippen LogP contribution >= 0.6 is 0 Å². The van der Waals surface area contributed by atoms with E-state index in [1.165, 1.54) is 6.42 Å². The Labute approximate surface area is 92.1 Å². The summed E-state index contributed by atoms with van der Waals surface area (Å²) in [5.74, 6) is 0.711. The first-order valence-corrected chi connectivity index (χ1v) is 5.72. The van der Waals surface area contributed by atoms with E-state index in [4.69, 9.17) is 0 Å². The highest BCUT2D eigenvalue weighted by molar-refractivity contribution is 4.72. The van der Waals surface area contributed by atoms with Crippen LogP contribution in [0, 0.1) is 5.92 Å². The van der Waals surface area contributed by atoms with Gasteiger partial charge < -0.3 is 5.32 Å². The molecule has 4 nitrogen and oxygen atoms in total. The van der Waals surface area contributed by atoms with E-state index in [2.05, 4.69) is 43.1 Å². The van der Waals surface area contributed by atoms with E-state index in [0.29, 0.717) is 18.0 Å². The lowest BCUT2D eigenvalue weighted by atomic mass is 10.0. The average molecular weight is 210 g/mol. The topological polar surface area (TPSA) is 42.7 Å². The van der Waals surface area contributed by atoms with Gasteiger partial charge in [-0.15, -0.1) is 0 Å². The minimum atomic E-state index is 0.427. The summed E-state index contributed by atoms with van der Waals surface area (Å²) in [5.41, 5.74) is 0. The Bertz CT molecular complexity index is 258. The third kappa shape index (κ3) is 4.00. The fourth-order valence-electron chi connectivity index (χ4n) is 1.63. The van der Waals surface area contributed by atoms with E-state index >= 15 is 0 Å². The lowest BCUT2D eigenvalue weighted by Gasteiger charge is -2.24. The predicted molar refractivity (Wildman–Crippen MR) is 61.5 cm³/mol. The Balaban J connectivity index is 2.32. The molecule has 3 atom stereocenters. The zero-order valence-electron chi connectivity index (χ0n) is 10.1. The van der Waals surface area contributed by atoms with E-state index in [9.17, 15) is 0 Å². The third-order valence-corrected chi connectivity index (χ3v) is 2.97. The van der Waals surface area contributed by atoms with E-state index in [1.54, 1.807) is 12.7 Å². The van der Waals surface area contributed by atoms with Gasteiger partial charge >= 0.3 is 0 Å². The molecule has 1 N–H and O–H groups in total. The van der Waals surface area contributed by atoms with Gasteiger partial charge in [-0.3, -0.25) is 4.68 Å². The lowest BCUT2D eigenvalue weighted by molar-refractivity contribution is 0.332. The average Bonchev–Trinajstić information content (AvgIpc) is 2.68. The van der Waals surface area contributed by atoms with Gasteiger partial charge in [-0.2, -0.15) is 5.10 Å². The Hall–Kier alpha value is -0.900. The molecule has 0 saturated heterocycles. The zero-order chi connectivity index (χ0) is 11.3. The lowest BCUT2D eigenvalue weighted by Crippen LogP contribution is -2.40. The van der Waals surface area contributed by atoms with E-state index < -0.39 is 0 Å². The van der Waals surface area contributed by atoms with Gasteiger partial charge in [-0.1, -0.05) is 20.3 Å². The van der Waals surface area contributed by atoms with Crippen molar-refractivity contribution in [2.45, 2.75) is 52.7 Å². The summed E-state index contributed by atoms with van der Waals surface area (Å²) >= 11 is 0. The molecule has 0 aliphatic carbocycles. The van der Waals surface area contributed by atoms with Gasteiger partial charge in [-0.05, 0) is 19.8 Å². The second-order valence-electron chi connectivity index (χ2n) is 4.36. The molecule has 0 aliphatic heterocycles. The van der Waals surface area contributed by atoms with Crippen LogP contribution in [0.3, 0.4) is 0 Å². The molecule has 86 valence electrons. The van der Waals surface area contributed by atoms with Crippen molar-refractivity contribution in [2.75, 3.05) is 0 Å². The van der Waals surface area contributed by atoms with Gasteiger partial charge in [0.2, 0.25) is 0 Å². The standard InChI is InChI=1S/C11H22N4/c1-5-9(2)11(4)14-10(3)6-15-8-12-7-13-15/h7-11,14H,5-6H2,1-4H3. The fraction of sp³-hybridized carbons (Fsp3) is 0.818. The highest BCUT2D eigenvalue weighted by atomic mass is 15.3. The molecule has 0 aromatic carbocycles. The summed E-state index contributed by atoms with van der Waals surface area (Å²) in [6.45, 7) is 9.80. The molecule has 0 radical (unpaired) electrons. The fourth-order valence-corrected chi connectivity index (χ4v) is 1.63. The highest BCUT2D eigenvalue weighted by Crippen LogP contribution is 2.07. The van der Waals surface area contributed by atoms with Crippen molar-refractivity contribution in [1.29, 1.82) is 0 Å². The van der Waals surface area contributed by atoms with Crippen molar-refractivity contribution in [3.05, 3.63) is 12.7 Å². The second kappa shape index (κ2) is 5.85. The minimum Gasteiger partial charge on any atom is -0.310 e. The van der Waals surface area contributed by atoms with Crippen LogP contribution in [0.4, 0.5) is 0 Å². The molecule has 0 amide bonds. The summed E-state index contributed by atoms with van der Waals surface area (Å²) in [5, 5.41) is 7.67. The molecule has 1 aromatic heterocycles. The molecule has 1 heterocycles. The first-order valence-electron chi connectivity index (χ1n) is 5.72. The maximum atomic E-state index is 4.09. The SMILES string of the molecule is CCC(C)C(C)NC(C)Cn1cncn1. The molecule has 0 saturated carbocycles. The van der Waals surface area contributed by atoms with Crippen molar-refractivity contribution in [3.63, 3.8) is 0 Å². The molecule has 0 spiro atoms. The Kier molecular flexibility index (Phi) is 4.75. The number of nitrogens with zero attached hydrogens (tertiary/aromatic N) is 3. The van der Waals surface area contributed by atoms with Gasteiger partial charge in [0.25, 0.3) is 0 Å². The maximum Gasteiger partial charge on any atom is 0.137 e. The van der Waals surface area contributed by atoms with Crippen molar-refractivity contribution >= 4 is 0 Å². The van der Waals surface area contributed by atoms with E-state index in [0.717, 1.165) is 6.54 Å². The van der Waals surface area contributed by atoms with Crippen molar-refractivity contribution in [1.82, 2.24) is 20.1 Å². The molecule has 3 unspecified atom stereocenters. The van der Waals surface area contributed by atoms with Gasteiger partial charge in [0.15, 0.2) is 0 Å². The van der Waals surface area contributed by atoms with Crippen LogP contribution in [-0.2, 0) is 6.54 Å². The molecule has 0 fully saturated rings. The summed E-state index contributed by atoms with van der Waals surface area (Å²) < 4.78 is 1.86. The Morgan fingerprint density at radius 3 is 2.60 bits per heavy atom. The highest BCUT2D eigenvalue weighted by Gasteiger charge is 2.13. The number of hydrogen-bond donors (Lipinski definition) is 1. The second-order valence-corrected chi connectivity index (χ2v) is 4.36. The molecular weight excluding hydrogens is 188 g/mol. The first kappa shape index (κ1) is 12.2. The van der Waals surface area contributed by atoms with Crippen LogP contribution in [0.2, 0.25) is 0 Å². The summed E-state index contributed by atoms with van der Waals surface area (Å²) in [6, 6.07) is 0.976.